The van der Waals surface area contributed by atoms with Crippen LogP contribution in [0.3, 0.4) is 0 Å². The molecule has 4 rings (SSSR count). The standard InChI is InChI=1S/C24H35N3O2/c1-17(2)14-22(27-16-19-8-3-4-10-20(19)24(27)29)23(28)25-15-18-9-7-13-26-12-6-5-11-21(18)26/h3-4,8,10,17-18,21-22H,5-7,9,11-16H2,1-2H3,(H,25,28). The highest BCUT2D eigenvalue weighted by molar-refractivity contribution is 6.01. The molecule has 0 bridgehead atoms. The second-order valence-electron chi connectivity index (χ2n) is 9.48. The molecule has 1 aromatic carbocycles. The van der Waals surface area contributed by atoms with E-state index in [0.29, 0.717) is 30.8 Å². The fourth-order valence-corrected chi connectivity index (χ4v) is 5.52. The Kier molecular flexibility index (Phi) is 6.23. The lowest BCUT2D eigenvalue weighted by atomic mass is 9.83. The molecular formula is C24H35N3O2. The average Bonchev–Trinajstić information content (AvgIpc) is 3.06. The van der Waals surface area contributed by atoms with E-state index in [4.69, 9.17) is 0 Å². The number of carbonyl (C=O) groups is 2. The monoisotopic (exact) mass is 397 g/mol. The predicted octanol–water partition coefficient (Wildman–Crippen LogP) is 3.44. The lowest BCUT2D eigenvalue weighted by Gasteiger charge is -2.44. The number of carbonyl (C=O) groups excluding carboxylic acids is 2. The number of nitrogens with zero attached hydrogens (tertiary/aromatic N) is 2. The van der Waals surface area contributed by atoms with Crippen LogP contribution in [0.25, 0.3) is 0 Å². The van der Waals surface area contributed by atoms with Gasteiger partial charge in [-0.05, 0) is 68.7 Å². The maximum Gasteiger partial charge on any atom is 0.255 e. The molecule has 3 unspecified atom stereocenters. The Labute approximate surface area is 174 Å². The van der Waals surface area contributed by atoms with Crippen molar-refractivity contribution < 1.29 is 9.59 Å². The molecule has 0 spiro atoms. The van der Waals surface area contributed by atoms with Crippen LogP contribution in [0.1, 0.15) is 68.3 Å². The molecule has 0 saturated carbocycles. The van der Waals surface area contributed by atoms with Crippen molar-refractivity contribution in [3.8, 4) is 0 Å². The van der Waals surface area contributed by atoms with E-state index in [9.17, 15) is 9.59 Å². The molecule has 3 aliphatic rings. The van der Waals surface area contributed by atoms with Gasteiger partial charge in [-0.2, -0.15) is 0 Å². The Morgan fingerprint density at radius 3 is 2.72 bits per heavy atom. The highest BCUT2D eigenvalue weighted by atomic mass is 16.2. The molecule has 1 aromatic rings. The topological polar surface area (TPSA) is 52.7 Å². The summed E-state index contributed by atoms with van der Waals surface area (Å²) in [4.78, 5) is 30.6. The van der Waals surface area contributed by atoms with Gasteiger partial charge in [0, 0.05) is 24.7 Å². The number of hydrogen-bond donors (Lipinski definition) is 1. The number of piperidine rings is 2. The van der Waals surface area contributed by atoms with E-state index in [2.05, 4.69) is 24.1 Å². The number of fused-ring (bicyclic) bond motifs is 2. The number of hydrogen-bond acceptors (Lipinski definition) is 3. The molecule has 1 N–H and O–H groups in total. The van der Waals surface area contributed by atoms with E-state index < -0.39 is 0 Å². The van der Waals surface area contributed by atoms with Crippen LogP contribution < -0.4 is 5.32 Å². The van der Waals surface area contributed by atoms with E-state index in [-0.39, 0.29) is 17.9 Å². The molecule has 2 saturated heterocycles. The van der Waals surface area contributed by atoms with Gasteiger partial charge in [-0.15, -0.1) is 0 Å². The van der Waals surface area contributed by atoms with Crippen molar-refractivity contribution in [2.75, 3.05) is 19.6 Å². The summed E-state index contributed by atoms with van der Waals surface area (Å²) in [5, 5.41) is 3.26. The van der Waals surface area contributed by atoms with Gasteiger partial charge in [-0.1, -0.05) is 38.5 Å². The molecule has 29 heavy (non-hydrogen) atoms. The molecule has 3 aliphatic heterocycles. The molecule has 5 nitrogen and oxygen atoms in total. The van der Waals surface area contributed by atoms with Crippen LogP contribution in [-0.4, -0.2) is 53.3 Å². The second kappa shape index (κ2) is 8.86. The number of nitrogens with one attached hydrogen (secondary N) is 1. The van der Waals surface area contributed by atoms with Crippen molar-refractivity contribution in [2.45, 2.75) is 71.0 Å². The molecule has 0 radical (unpaired) electrons. The second-order valence-corrected chi connectivity index (χ2v) is 9.48. The minimum absolute atomic E-state index is 0.00229. The molecule has 0 aliphatic carbocycles. The van der Waals surface area contributed by atoms with Crippen molar-refractivity contribution in [3.05, 3.63) is 35.4 Å². The van der Waals surface area contributed by atoms with Gasteiger partial charge < -0.3 is 15.1 Å². The fourth-order valence-electron chi connectivity index (χ4n) is 5.52. The first kappa shape index (κ1) is 20.4. The van der Waals surface area contributed by atoms with Gasteiger partial charge in [0.05, 0.1) is 0 Å². The van der Waals surface area contributed by atoms with Crippen LogP contribution in [0.2, 0.25) is 0 Å². The number of amides is 2. The summed E-state index contributed by atoms with van der Waals surface area (Å²) in [6.45, 7) is 7.95. The highest BCUT2D eigenvalue weighted by Gasteiger charge is 2.38. The Bertz CT molecular complexity index is 745. The lowest BCUT2D eigenvalue weighted by Crippen LogP contribution is -2.53. The smallest absolute Gasteiger partial charge is 0.255 e. The molecule has 3 heterocycles. The minimum atomic E-state index is -0.388. The normalized spacial score (nSPS) is 25.6. The molecule has 0 aromatic heterocycles. The summed E-state index contributed by atoms with van der Waals surface area (Å²) in [5.41, 5.74) is 1.78. The zero-order valence-corrected chi connectivity index (χ0v) is 17.9. The summed E-state index contributed by atoms with van der Waals surface area (Å²) in [6, 6.07) is 7.97. The molecule has 3 atom stereocenters. The van der Waals surface area contributed by atoms with Gasteiger partial charge in [0.1, 0.15) is 6.04 Å². The third-order valence-electron chi connectivity index (χ3n) is 6.99. The van der Waals surface area contributed by atoms with E-state index >= 15 is 0 Å². The first-order valence-corrected chi connectivity index (χ1v) is 11.4. The van der Waals surface area contributed by atoms with E-state index in [1.807, 2.05) is 24.3 Å². The van der Waals surface area contributed by atoms with Crippen molar-refractivity contribution >= 4 is 11.8 Å². The SMILES string of the molecule is CC(C)CC(C(=O)NCC1CCCN2CCCCC12)N1Cc2ccccc2C1=O. The van der Waals surface area contributed by atoms with Gasteiger partial charge >= 0.3 is 0 Å². The van der Waals surface area contributed by atoms with Gasteiger partial charge in [0.2, 0.25) is 5.91 Å². The Morgan fingerprint density at radius 1 is 1.14 bits per heavy atom. The van der Waals surface area contributed by atoms with Crippen LogP contribution in [0.4, 0.5) is 0 Å². The van der Waals surface area contributed by atoms with E-state index in [1.165, 1.54) is 45.2 Å². The summed E-state index contributed by atoms with van der Waals surface area (Å²) in [6.07, 6.45) is 7.00. The molecular weight excluding hydrogens is 362 g/mol. The summed E-state index contributed by atoms with van der Waals surface area (Å²) >= 11 is 0. The van der Waals surface area contributed by atoms with Crippen molar-refractivity contribution in [3.63, 3.8) is 0 Å². The third kappa shape index (κ3) is 4.35. The predicted molar refractivity (Wildman–Crippen MR) is 115 cm³/mol. The van der Waals surface area contributed by atoms with Crippen molar-refractivity contribution in [1.29, 1.82) is 0 Å². The minimum Gasteiger partial charge on any atom is -0.354 e. The number of benzene rings is 1. The highest BCUT2D eigenvalue weighted by Crippen LogP contribution is 2.31. The van der Waals surface area contributed by atoms with Crippen molar-refractivity contribution in [2.24, 2.45) is 11.8 Å². The van der Waals surface area contributed by atoms with E-state index in [0.717, 1.165) is 17.7 Å². The largest absolute Gasteiger partial charge is 0.354 e. The zero-order chi connectivity index (χ0) is 20.4. The van der Waals surface area contributed by atoms with Crippen molar-refractivity contribution in [1.82, 2.24) is 15.1 Å². The summed E-state index contributed by atoms with van der Waals surface area (Å²) in [5.74, 6) is 0.912. The summed E-state index contributed by atoms with van der Waals surface area (Å²) < 4.78 is 0. The first-order valence-electron chi connectivity index (χ1n) is 11.4. The first-order chi connectivity index (χ1) is 14.0. The average molecular weight is 398 g/mol. The zero-order valence-electron chi connectivity index (χ0n) is 17.9. The van der Waals surface area contributed by atoms with Gasteiger partial charge in [-0.3, -0.25) is 9.59 Å². The Hall–Kier alpha value is -1.88. The van der Waals surface area contributed by atoms with Gasteiger partial charge in [0.25, 0.3) is 5.91 Å². The van der Waals surface area contributed by atoms with Crippen LogP contribution in [0.15, 0.2) is 24.3 Å². The van der Waals surface area contributed by atoms with Gasteiger partial charge in [0.15, 0.2) is 0 Å². The number of rotatable bonds is 6. The Balaban J connectivity index is 1.42. The van der Waals surface area contributed by atoms with Crippen LogP contribution in [0.5, 0.6) is 0 Å². The van der Waals surface area contributed by atoms with E-state index in [1.54, 1.807) is 4.90 Å². The van der Waals surface area contributed by atoms with Crippen LogP contribution in [-0.2, 0) is 11.3 Å². The fraction of sp³-hybridized carbons (Fsp3) is 0.667. The van der Waals surface area contributed by atoms with Crippen LogP contribution in [0, 0.1) is 11.8 Å². The van der Waals surface area contributed by atoms with Gasteiger partial charge in [-0.25, -0.2) is 0 Å². The maximum atomic E-state index is 13.2. The maximum absolute atomic E-state index is 13.2. The molecule has 5 heteroatoms. The molecule has 2 amide bonds. The molecule has 2 fully saturated rings. The van der Waals surface area contributed by atoms with Crippen LogP contribution >= 0.6 is 0 Å². The Morgan fingerprint density at radius 2 is 1.93 bits per heavy atom. The summed E-state index contributed by atoms with van der Waals surface area (Å²) in [7, 11) is 0. The third-order valence-corrected chi connectivity index (χ3v) is 6.99. The molecule has 158 valence electrons. The quantitative estimate of drug-likeness (QED) is 0.800. The lowest BCUT2D eigenvalue weighted by molar-refractivity contribution is -0.126.